The third-order valence-corrected chi connectivity index (χ3v) is 0.734. The second-order valence-corrected chi connectivity index (χ2v) is 1.90. The van der Waals surface area contributed by atoms with Gasteiger partial charge in [-0.3, -0.25) is 0 Å². The molecule has 0 unspecified atom stereocenters. The minimum absolute atomic E-state index is 0.417. The molecule has 0 rings (SSSR count). The quantitative estimate of drug-likeness (QED) is 0.351. The van der Waals surface area contributed by atoms with Crippen molar-refractivity contribution in [3.05, 3.63) is 12.2 Å². The molecule has 0 aliphatic heterocycles. The molecule has 0 aromatic rings. The van der Waals surface area contributed by atoms with E-state index in [4.69, 9.17) is 20.4 Å². The van der Waals surface area contributed by atoms with Crippen LogP contribution in [0.5, 0.6) is 0 Å². The van der Waals surface area contributed by atoms with Crippen LogP contribution in [0, 0.1) is 0 Å². The Bertz CT molecular complexity index is 167. The van der Waals surface area contributed by atoms with Crippen molar-refractivity contribution >= 4 is 11.9 Å². The van der Waals surface area contributed by atoms with E-state index in [2.05, 4.69) is 0 Å². The molecule has 0 radical (unpaired) electrons. The van der Waals surface area contributed by atoms with Crippen molar-refractivity contribution in [2.45, 2.75) is 19.6 Å². The number of rotatable bonds is 3. The fraction of sp³-hybridized carbons (Fsp3) is 0.429. The summed E-state index contributed by atoms with van der Waals surface area (Å²) in [5, 5.41) is 31.5. The van der Waals surface area contributed by atoms with Crippen molar-refractivity contribution in [3.8, 4) is 0 Å². The fourth-order valence-corrected chi connectivity index (χ4v) is 0.143. The molecule has 0 atom stereocenters. The van der Waals surface area contributed by atoms with Crippen molar-refractivity contribution in [1.29, 1.82) is 0 Å². The van der Waals surface area contributed by atoms with E-state index in [1.807, 2.05) is 0 Å². The lowest BCUT2D eigenvalue weighted by Crippen LogP contribution is -1.99. The Morgan fingerprint density at radius 3 is 1.46 bits per heavy atom. The van der Waals surface area contributed by atoms with Crippen LogP contribution in [0.25, 0.3) is 0 Å². The molecule has 0 saturated heterocycles. The molecule has 76 valence electrons. The molecule has 0 heterocycles. The van der Waals surface area contributed by atoms with Gasteiger partial charge in [0, 0.05) is 12.2 Å². The highest BCUT2D eigenvalue weighted by Crippen LogP contribution is 1.77. The van der Waals surface area contributed by atoms with Crippen LogP contribution >= 0.6 is 0 Å². The highest BCUT2D eigenvalue weighted by atomic mass is 16.5. The number of hydrogen-bond acceptors (Lipinski definition) is 4. The van der Waals surface area contributed by atoms with Gasteiger partial charge in [-0.05, 0) is 6.42 Å². The highest BCUT2D eigenvalue weighted by molar-refractivity contribution is 5.89. The SMILES string of the molecule is CCC(O)O.O=C(O)/C=C/C(=O)O. The largest absolute Gasteiger partial charge is 0.478 e. The molecule has 0 aromatic heterocycles. The molecule has 0 amide bonds. The van der Waals surface area contributed by atoms with Gasteiger partial charge in [-0.15, -0.1) is 0 Å². The summed E-state index contributed by atoms with van der Waals surface area (Å²) in [5.74, 6) is -2.51. The number of carboxylic acid groups (broad SMARTS) is 2. The monoisotopic (exact) mass is 192 g/mol. The maximum absolute atomic E-state index is 9.55. The van der Waals surface area contributed by atoms with Crippen molar-refractivity contribution in [2.75, 3.05) is 0 Å². The summed E-state index contributed by atoms with van der Waals surface area (Å²) in [6, 6.07) is 0. The first-order chi connectivity index (χ1) is 5.90. The predicted molar refractivity (Wildman–Crippen MR) is 42.9 cm³/mol. The van der Waals surface area contributed by atoms with Gasteiger partial charge in [-0.2, -0.15) is 0 Å². The average molecular weight is 192 g/mol. The number of aliphatic hydroxyl groups is 2. The van der Waals surface area contributed by atoms with Gasteiger partial charge >= 0.3 is 11.9 Å². The van der Waals surface area contributed by atoms with Gasteiger partial charge in [-0.25, -0.2) is 9.59 Å². The minimum atomic E-state index is -1.26. The molecule has 0 saturated carbocycles. The lowest BCUT2D eigenvalue weighted by Gasteiger charge is -1.90. The van der Waals surface area contributed by atoms with Gasteiger partial charge in [0.1, 0.15) is 0 Å². The number of carbonyl (C=O) groups is 2. The predicted octanol–water partition coefficient (Wildman–Crippen LogP) is -0.581. The first-order valence-electron chi connectivity index (χ1n) is 3.40. The van der Waals surface area contributed by atoms with Crippen LogP contribution < -0.4 is 0 Å². The summed E-state index contributed by atoms with van der Waals surface area (Å²) >= 11 is 0. The molecule has 4 N–H and O–H groups in total. The first-order valence-corrected chi connectivity index (χ1v) is 3.40. The van der Waals surface area contributed by atoms with Gasteiger partial charge in [0.25, 0.3) is 0 Å². The molecule has 0 bridgehead atoms. The topological polar surface area (TPSA) is 115 Å². The number of hydrogen-bond donors (Lipinski definition) is 4. The van der Waals surface area contributed by atoms with Crippen LogP contribution in [0.2, 0.25) is 0 Å². The maximum Gasteiger partial charge on any atom is 0.328 e. The third-order valence-electron chi connectivity index (χ3n) is 0.734. The first kappa shape index (κ1) is 14.1. The van der Waals surface area contributed by atoms with Gasteiger partial charge in [0.2, 0.25) is 0 Å². The van der Waals surface area contributed by atoms with E-state index in [0.717, 1.165) is 0 Å². The summed E-state index contributed by atoms with van der Waals surface area (Å²) < 4.78 is 0. The van der Waals surface area contributed by atoms with Crippen molar-refractivity contribution in [1.82, 2.24) is 0 Å². The molecule has 6 heteroatoms. The van der Waals surface area contributed by atoms with E-state index in [0.29, 0.717) is 18.6 Å². The van der Waals surface area contributed by atoms with E-state index < -0.39 is 18.2 Å². The van der Waals surface area contributed by atoms with Crippen molar-refractivity contribution in [3.63, 3.8) is 0 Å². The van der Waals surface area contributed by atoms with E-state index in [1.165, 1.54) is 0 Å². The van der Waals surface area contributed by atoms with Crippen LogP contribution in [0.4, 0.5) is 0 Å². The molecule has 13 heavy (non-hydrogen) atoms. The zero-order valence-corrected chi connectivity index (χ0v) is 7.04. The molecule has 0 aliphatic carbocycles. The Morgan fingerprint density at radius 2 is 1.38 bits per heavy atom. The Hall–Kier alpha value is -1.40. The Kier molecular flexibility index (Phi) is 9.46. The molecule has 0 aromatic carbocycles. The maximum atomic E-state index is 9.55. The lowest BCUT2D eigenvalue weighted by atomic mass is 10.5. The lowest BCUT2D eigenvalue weighted by molar-refractivity contribution is -0.134. The van der Waals surface area contributed by atoms with Gasteiger partial charge in [0.05, 0.1) is 0 Å². The molecular weight excluding hydrogens is 180 g/mol. The van der Waals surface area contributed by atoms with Crippen LogP contribution in [0.15, 0.2) is 12.2 Å². The summed E-state index contributed by atoms with van der Waals surface area (Å²) in [6.07, 6.45) is 0.417. The molecule has 0 spiro atoms. The minimum Gasteiger partial charge on any atom is -0.478 e. The smallest absolute Gasteiger partial charge is 0.328 e. The standard InChI is InChI=1S/C4H4O4.C3H8O2/c5-3(6)1-2-4(7)8;1-2-3(4)5/h1-2H,(H,5,6)(H,7,8);3-5H,2H2,1H3/b2-1+;. The third kappa shape index (κ3) is 25.0. The van der Waals surface area contributed by atoms with E-state index >= 15 is 0 Å². The molecular formula is C7H12O6. The van der Waals surface area contributed by atoms with Gasteiger partial charge in [0.15, 0.2) is 6.29 Å². The zero-order chi connectivity index (χ0) is 10.9. The fourth-order valence-electron chi connectivity index (χ4n) is 0.143. The molecule has 6 nitrogen and oxygen atoms in total. The average Bonchev–Trinajstić information content (AvgIpc) is 2.02. The van der Waals surface area contributed by atoms with Gasteiger partial charge in [-0.1, -0.05) is 6.92 Å². The number of aliphatic hydroxyl groups excluding tert-OH is 1. The number of aliphatic carboxylic acids is 2. The molecule has 0 aliphatic rings. The zero-order valence-electron chi connectivity index (χ0n) is 7.04. The van der Waals surface area contributed by atoms with Crippen molar-refractivity contribution < 1.29 is 30.0 Å². The second kappa shape index (κ2) is 8.69. The van der Waals surface area contributed by atoms with E-state index in [-0.39, 0.29) is 0 Å². The van der Waals surface area contributed by atoms with Crippen LogP contribution in [0.3, 0.4) is 0 Å². The summed E-state index contributed by atoms with van der Waals surface area (Å²) in [7, 11) is 0. The van der Waals surface area contributed by atoms with E-state index in [9.17, 15) is 9.59 Å². The van der Waals surface area contributed by atoms with Crippen molar-refractivity contribution in [2.24, 2.45) is 0 Å². The summed E-state index contributed by atoms with van der Waals surface area (Å²) in [4.78, 5) is 19.1. The van der Waals surface area contributed by atoms with Crippen LogP contribution in [0.1, 0.15) is 13.3 Å². The number of carboxylic acids is 2. The van der Waals surface area contributed by atoms with Gasteiger partial charge < -0.3 is 20.4 Å². The van der Waals surface area contributed by atoms with E-state index in [1.54, 1.807) is 6.92 Å². The Balaban J connectivity index is 0. The molecule has 0 fully saturated rings. The second-order valence-electron chi connectivity index (χ2n) is 1.90. The summed E-state index contributed by atoms with van der Waals surface area (Å²) in [6.45, 7) is 1.70. The highest BCUT2D eigenvalue weighted by Gasteiger charge is 1.88. The Morgan fingerprint density at radius 1 is 1.15 bits per heavy atom. The normalized spacial score (nSPS) is 9.54. The Labute approximate surface area is 74.7 Å². The van der Waals surface area contributed by atoms with Crippen LogP contribution in [-0.2, 0) is 9.59 Å². The summed E-state index contributed by atoms with van der Waals surface area (Å²) in [5.41, 5.74) is 0. The van der Waals surface area contributed by atoms with Crippen LogP contribution in [-0.4, -0.2) is 38.7 Å².